The molecule has 2 amide bonds. The molecule has 3 atom stereocenters. The van der Waals surface area contributed by atoms with E-state index in [0.29, 0.717) is 22.0 Å². The van der Waals surface area contributed by atoms with Crippen LogP contribution in [-0.4, -0.2) is 25.0 Å². The van der Waals surface area contributed by atoms with E-state index in [1.54, 1.807) is 37.3 Å². The van der Waals surface area contributed by atoms with Crippen LogP contribution >= 0.6 is 11.6 Å². The van der Waals surface area contributed by atoms with E-state index in [2.05, 4.69) is 0 Å². The van der Waals surface area contributed by atoms with E-state index < -0.39 is 24.0 Å². The third-order valence-electron chi connectivity index (χ3n) is 6.06. The van der Waals surface area contributed by atoms with Gasteiger partial charge in [-0.3, -0.25) is 14.4 Å². The van der Waals surface area contributed by atoms with Gasteiger partial charge in [-0.2, -0.15) is 0 Å². The molecular weight excluding hydrogens is 428 g/mol. The zero-order valence-electron chi connectivity index (χ0n) is 17.6. The van der Waals surface area contributed by atoms with E-state index in [1.165, 1.54) is 4.90 Å². The molecule has 32 heavy (non-hydrogen) atoms. The smallest absolute Gasteiger partial charge is 0.266 e. The van der Waals surface area contributed by atoms with Crippen LogP contribution in [0.25, 0.3) is 0 Å². The van der Waals surface area contributed by atoms with Crippen LogP contribution in [0.3, 0.4) is 0 Å². The number of anilines is 2. The SMILES string of the molecule is COc1ccccc1[C@H]1[C@H]2C(=O)N(c3cccc(Cl)c3C)C(=O)[C@H]2ON1c1ccccc1. The lowest BCUT2D eigenvalue weighted by Gasteiger charge is -2.29. The fourth-order valence-electron chi connectivity index (χ4n) is 4.52. The minimum Gasteiger partial charge on any atom is -0.496 e. The molecule has 0 N–H and O–H groups in total. The van der Waals surface area contributed by atoms with Gasteiger partial charge in [0.15, 0.2) is 6.10 Å². The molecule has 2 aliphatic rings. The number of carbonyl (C=O) groups is 2. The molecule has 6 nitrogen and oxygen atoms in total. The Morgan fingerprint density at radius 3 is 2.38 bits per heavy atom. The number of hydrogen-bond donors (Lipinski definition) is 0. The largest absolute Gasteiger partial charge is 0.496 e. The summed E-state index contributed by atoms with van der Waals surface area (Å²) >= 11 is 6.27. The lowest BCUT2D eigenvalue weighted by atomic mass is 9.90. The Labute approximate surface area is 190 Å². The molecule has 162 valence electrons. The lowest BCUT2D eigenvalue weighted by molar-refractivity contribution is -0.126. The first-order valence-electron chi connectivity index (χ1n) is 10.3. The normalized spacial score (nSPS) is 22.4. The maximum Gasteiger partial charge on any atom is 0.266 e. The number of hydroxylamine groups is 1. The molecule has 0 saturated carbocycles. The third-order valence-corrected chi connectivity index (χ3v) is 6.47. The second-order valence-electron chi connectivity index (χ2n) is 7.80. The van der Waals surface area contributed by atoms with Gasteiger partial charge in [0.1, 0.15) is 11.7 Å². The third kappa shape index (κ3) is 3.06. The van der Waals surface area contributed by atoms with Crippen molar-refractivity contribution < 1.29 is 19.2 Å². The van der Waals surface area contributed by atoms with Gasteiger partial charge >= 0.3 is 0 Å². The second-order valence-corrected chi connectivity index (χ2v) is 8.20. The molecule has 3 aromatic rings. The molecular formula is C25H21ClN2O4. The number of carbonyl (C=O) groups excluding carboxylic acids is 2. The van der Waals surface area contributed by atoms with Gasteiger partial charge in [-0.05, 0) is 42.8 Å². The Morgan fingerprint density at radius 1 is 0.906 bits per heavy atom. The Bertz CT molecular complexity index is 1200. The van der Waals surface area contributed by atoms with Crippen molar-refractivity contribution in [3.8, 4) is 5.75 Å². The molecule has 2 aliphatic heterocycles. The number of para-hydroxylation sites is 2. The first-order valence-corrected chi connectivity index (χ1v) is 10.7. The number of methoxy groups -OCH3 is 1. The number of imide groups is 1. The zero-order chi connectivity index (χ0) is 22.4. The van der Waals surface area contributed by atoms with Crippen molar-refractivity contribution in [1.29, 1.82) is 0 Å². The van der Waals surface area contributed by atoms with Gasteiger partial charge < -0.3 is 4.74 Å². The number of hydrogen-bond acceptors (Lipinski definition) is 5. The number of amides is 2. The van der Waals surface area contributed by atoms with Crippen LogP contribution in [0.15, 0.2) is 72.8 Å². The van der Waals surface area contributed by atoms with Crippen molar-refractivity contribution >= 4 is 34.8 Å². The minimum absolute atomic E-state index is 0.320. The van der Waals surface area contributed by atoms with Crippen molar-refractivity contribution in [2.24, 2.45) is 5.92 Å². The molecule has 0 bridgehead atoms. The quantitative estimate of drug-likeness (QED) is 0.541. The zero-order valence-corrected chi connectivity index (χ0v) is 18.3. The van der Waals surface area contributed by atoms with Crippen molar-refractivity contribution in [2.45, 2.75) is 19.1 Å². The molecule has 5 rings (SSSR count). The van der Waals surface area contributed by atoms with Crippen LogP contribution < -0.4 is 14.7 Å². The first-order chi connectivity index (χ1) is 15.5. The molecule has 2 fully saturated rings. The van der Waals surface area contributed by atoms with E-state index in [0.717, 1.165) is 11.3 Å². The van der Waals surface area contributed by atoms with Gasteiger partial charge in [-0.1, -0.05) is 54.1 Å². The number of rotatable bonds is 4. The Hall–Kier alpha value is -3.35. The Balaban J connectivity index is 1.63. The predicted molar refractivity (Wildman–Crippen MR) is 122 cm³/mol. The van der Waals surface area contributed by atoms with E-state index in [9.17, 15) is 9.59 Å². The highest BCUT2D eigenvalue weighted by molar-refractivity contribution is 6.32. The summed E-state index contributed by atoms with van der Waals surface area (Å²) < 4.78 is 5.59. The van der Waals surface area contributed by atoms with Crippen LogP contribution in [0.4, 0.5) is 11.4 Å². The summed E-state index contributed by atoms with van der Waals surface area (Å²) in [6.45, 7) is 1.79. The van der Waals surface area contributed by atoms with Gasteiger partial charge in [-0.15, -0.1) is 0 Å². The summed E-state index contributed by atoms with van der Waals surface area (Å²) in [6.07, 6.45) is -0.948. The number of nitrogens with zero attached hydrogens (tertiary/aromatic N) is 2. The van der Waals surface area contributed by atoms with Gasteiger partial charge in [0, 0.05) is 10.6 Å². The van der Waals surface area contributed by atoms with Gasteiger partial charge in [0.25, 0.3) is 5.91 Å². The van der Waals surface area contributed by atoms with Crippen LogP contribution in [0.1, 0.15) is 17.2 Å². The molecule has 2 saturated heterocycles. The van der Waals surface area contributed by atoms with Crippen LogP contribution in [0, 0.1) is 12.8 Å². The van der Waals surface area contributed by atoms with E-state index in [1.807, 2.05) is 54.6 Å². The van der Waals surface area contributed by atoms with Crippen molar-refractivity contribution in [3.63, 3.8) is 0 Å². The highest BCUT2D eigenvalue weighted by Gasteiger charge is 2.60. The van der Waals surface area contributed by atoms with Gasteiger partial charge in [0.2, 0.25) is 5.91 Å². The molecule has 0 aliphatic carbocycles. The van der Waals surface area contributed by atoms with Crippen LogP contribution in [-0.2, 0) is 14.4 Å². The van der Waals surface area contributed by atoms with Crippen LogP contribution in [0.2, 0.25) is 5.02 Å². The topological polar surface area (TPSA) is 59.1 Å². The Morgan fingerprint density at radius 2 is 1.62 bits per heavy atom. The summed E-state index contributed by atoms with van der Waals surface area (Å²) in [5.74, 6) is -0.832. The van der Waals surface area contributed by atoms with E-state index in [4.69, 9.17) is 21.2 Å². The molecule has 7 heteroatoms. The fraction of sp³-hybridized carbons (Fsp3) is 0.200. The van der Waals surface area contributed by atoms with Crippen molar-refractivity contribution in [1.82, 2.24) is 0 Å². The lowest BCUT2D eigenvalue weighted by Crippen LogP contribution is -2.37. The van der Waals surface area contributed by atoms with E-state index in [-0.39, 0.29) is 5.91 Å². The monoisotopic (exact) mass is 448 g/mol. The maximum absolute atomic E-state index is 13.7. The summed E-state index contributed by atoms with van der Waals surface area (Å²) in [5.41, 5.74) is 2.68. The summed E-state index contributed by atoms with van der Waals surface area (Å²) in [4.78, 5) is 34.6. The summed E-state index contributed by atoms with van der Waals surface area (Å²) in [7, 11) is 1.59. The number of ether oxygens (including phenoxy) is 1. The van der Waals surface area contributed by atoms with E-state index >= 15 is 0 Å². The molecule has 0 aromatic heterocycles. The fourth-order valence-corrected chi connectivity index (χ4v) is 4.69. The molecule has 0 unspecified atom stereocenters. The highest BCUT2D eigenvalue weighted by Crippen LogP contribution is 2.49. The average Bonchev–Trinajstić information content (AvgIpc) is 3.32. The Kier molecular flexibility index (Phi) is 5.12. The predicted octanol–water partition coefficient (Wildman–Crippen LogP) is 4.71. The molecule has 3 aromatic carbocycles. The molecule has 2 heterocycles. The van der Waals surface area contributed by atoms with Crippen LogP contribution in [0.5, 0.6) is 5.75 Å². The number of halogens is 1. The average molecular weight is 449 g/mol. The number of fused-ring (bicyclic) bond motifs is 1. The second kappa shape index (κ2) is 7.97. The van der Waals surface area contributed by atoms with Gasteiger partial charge in [0.05, 0.1) is 24.5 Å². The summed E-state index contributed by atoms with van der Waals surface area (Å²) in [5, 5.41) is 2.15. The molecule has 0 radical (unpaired) electrons. The standard InChI is InChI=1S/C25H21ClN2O4/c1-15-18(26)12-8-13-19(15)27-24(29)21-22(17-11-6-7-14-20(17)31-2)28(32-23(21)25(27)30)16-9-4-3-5-10-16/h3-14,21-23H,1-2H3/t21-,22+,23+/m1/s1. The van der Waals surface area contributed by atoms with Crippen molar-refractivity contribution in [3.05, 3.63) is 88.9 Å². The molecule has 0 spiro atoms. The first kappa shape index (κ1) is 20.5. The highest BCUT2D eigenvalue weighted by atomic mass is 35.5. The summed E-state index contributed by atoms with van der Waals surface area (Å²) in [6, 6.07) is 21.6. The maximum atomic E-state index is 13.7. The minimum atomic E-state index is -0.948. The van der Waals surface area contributed by atoms with Crippen molar-refractivity contribution in [2.75, 3.05) is 17.1 Å². The number of benzene rings is 3. The van der Waals surface area contributed by atoms with Gasteiger partial charge in [-0.25, -0.2) is 9.96 Å².